The summed E-state index contributed by atoms with van der Waals surface area (Å²) in [5, 5.41) is 6.53. The van der Waals surface area contributed by atoms with Crippen LogP contribution >= 0.6 is 11.3 Å². The molecule has 6 aromatic carbocycles. The molecule has 0 aliphatic heterocycles. The molecule has 0 radical (unpaired) electrons. The molecule has 0 fully saturated rings. The van der Waals surface area contributed by atoms with Crippen molar-refractivity contribution in [2.24, 2.45) is 5.92 Å². The van der Waals surface area contributed by atoms with E-state index in [0.717, 1.165) is 6.42 Å². The van der Waals surface area contributed by atoms with Gasteiger partial charge in [0.15, 0.2) is 0 Å². The van der Waals surface area contributed by atoms with E-state index in [2.05, 4.69) is 153 Å². The van der Waals surface area contributed by atoms with Gasteiger partial charge in [-0.1, -0.05) is 112 Å². The third-order valence-electron chi connectivity index (χ3n) is 10.7. The number of allylic oxidation sites excluding steroid dienone is 1. The number of thiophene rings is 1. The number of benzene rings is 6. The van der Waals surface area contributed by atoms with E-state index in [0.29, 0.717) is 5.92 Å². The standard InChI is InChI=1S/C44H33NS/c1-26-16-20-32-35-24-29(18-21-39(35)46-40(32)22-26)34-25-36-31-12-7-9-15-38(31)45(30-19-17-27-10-4-5-11-28(27)23-30)43(36)42-41(34)33-13-6-8-14-37(33)44(42,2)3/h4-21,23-26H,22H2,1-3H3. The molecule has 1 unspecified atom stereocenters. The first-order valence-electron chi connectivity index (χ1n) is 16.4. The van der Waals surface area contributed by atoms with Crippen molar-refractivity contribution in [2.45, 2.75) is 32.6 Å². The van der Waals surface area contributed by atoms with Crippen LogP contribution in [0.2, 0.25) is 0 Å². The van der Waals surface area contributed by atoms with Crippen molar-refractivity contribution in [1.82, 2.24) is 4.57 Å². The minimum absolute atomic E-state index is 0.173. The minimum Gasteiger partial charge on any atom is -0.309 e. The van der Waals surface area contributed by atoms with Gasteiger partial charge < -0.3 is 4.57 Å². The summed E-state index contributed by atoms with van der Waals surface area (Å²) in [4.78, 5) is 1.52. The van der Waals surface area contributed by atoms with Crippen LogP contribution in [-0.4, -0.2) is 4.57 Å². The summed E-state index contributed by atoms with van der Waals surface area (Å²) >= 11 is 1.97. The highest BCUT2D eigenvalue weighted by atomic mass is 32.1. The second kappa shape index (κ2) is 9.31. The van der Waals surface area contributed by atoms with Crippen LogP contribution in [0.3, 0.4) is 0 Å². The van der Waals surface area contributed by atoms with Crippen LogP contribution in [0.4, 0.5) is 0 Å². The first kappa shape index (κ1) is 26.3. The number of para-hydroxylation sites is 1. The monoisotopic (exact) mass is 607 g/mol. The molecule has 0 N–H and O–H groups in total. The van der Waals surface area contributed by atoms with Crippen LogP contribution in [0.5, 0.6) is 0 Å². The first-order valence-corrected chi connectivity index (χ1v) is 17.2. The fraction of sp³-hybridized carbons (Fsp3) is 0.136. The molecule has 46 heavy (non-hydrogen) atoms. The van der Waals surface area contributed by atoms with Crippen LogP contribution in [0, 0.1) is 5.92 Å². The zero-order valence-electron chi connectivity index (χ0n) is 26.3. The van der Waals surface area contributed by atoms with Gasteiger partial charge in [0.2, 0.25) is 0 Å². The molecule has 2 heteroatoms. The number of nitrogens with zero attached hydrogens (tertiary/aromatic N) is 1. The average Bonchev–Trinajstić information content (AvgIpc) is 3.69. The van der Waals surface area contributed by atoms with Crippen molar-refractivity contribution in [3.05, 3.63) is 143 Å². The van der Waals surface area contributed by atoms with Crippen LogP contribution < -0.4 is 0 Å². The van der Waals surface area contributed by atoms with E-state index in [4.69, 9.17) is 0 Å². The van der Waals surface area contributed by atoms with E-state index in [1.165, 1.54) is 92.2 Å². The Labute approximate surface area is 273 Å². The second-order valence-corrected chi connectivity index (χ2v) is 15.0. The smallest absolute Gasteiger partial charge is 0.0588 e. The van der Waals surface area contributed by atoms with Crippen molar-refractivity contribution in [2.75, 3.05) is 0 Å². The third kappa shape index (κ3) is 3.51. The lowest BCUT2D eigenvalue weighted by molar-refractivity contribution is 0.664. The summed E-state index contributed by atoms with van der Waals surface area (Å²) in [6, 6.07) is 43.4. The SMILES string of the molecule is CC1C=Cc2c(sc3ccc(-c4cc5c6ccccc6n(-c6ccc7ccccc7c6)c5c5c4-c4ccccc4C5(C)C)cc23)C1. The Hall–Kier alpha value is -4.92. The molecule has 1 atom stereocenters. The van der Waals surface area contributed by atoms with E-state index >= 15 is 0 Å². The Bertz CT molecular complexity index is 2610. The fourth-order valence-corrected chi connectivity index (χ4v) is 9.81. The summed E-state index contributed by atoms with van der Waals surface area (Å²) in [5.41, 5.74) is 13.2. The predicted molar refractivity (Wildman–Crippen MR) is 199 cm³/mol. The molecule has 0 saturated heterocycles. The molecular weight excluding hydrogens is 575 g/mol. The van der Waals surface area contributed by atoms with Gasteiger partial charge in [-0.25, -0.2) is 0 Å². The Kier molecular flexibility index (Phi) is 5.33. The Morgan fingerprint density at radius 1 is 0.717 bits per heavy atom. The maximum absolute atomic E-state index is 2.54. The number of hydrogen-bond donors (Lipinski definition) is 0. The molecule has 8 aromatic rings. The highest BCUT2D eigenvalue weighted by Crippen LogP contribution is 2.56. The van der Waals surface area contributed by atoms with Gasteiger partial charge in [0.05, 0.1) is 11.0 Å². The topological polar surface area (TPSA) is 4.93 Å². The van der Waals surface area contributed by atoms with Gasteiger partial charge in [-0.15, -0.1) is 11.3 Å². The summed E-state index contributed by atoms with van der Waals surface area (Å²) < 4.78 is 3.93. The lowest BCUT2D eigenvalue weighted by Gasteiger charge is -2.24. The van der Waals surface area contributed by atoms with E-state index in [1.807, 2.05) is 11.3 Å². The molecule has 0 bridgehead atoms. The zero-order chi connectivity index (χ0) is 30.7. The van der Waals surface area contributed by atoms with Gasteiger partial charge in [0.25, 0.3) is 0 Å². The molecule has 2 aliphatic carbocycles. The number of rotatable bonds is 2. The summed E-state index contributed by atoms with van der Waals surface area (Å²) in [7, 11) is 0. The Morgan fingerprint density at radius 3 is 2.43 bits per heavy atom. The van der Waals surface area contributed by atoms with Crippen molar-refractivity contribution < 1.29 is 0 Å². The highest BCUT2D eigenvalue weighted by molar-refractivity contribution is 7.19. The number of aromatic nitrogens is 1. The van der Waals surface area contributed by atoms with Crippen LogP contribution in [-0.2, 0) is 11.8 Å². The zero-order valence-corrected chi connectivity index (χ0v) is 27.1. The molecule has 0 spiro atoms. The largest absolute Gasteiger partial charge is 0.309 e. The second-order valence-electron chi connectivity index (χ2n) is 13.8. The van der Waals surface area contributed by atoms with Crippen molar-refractivity contribution in [3.8, 4) is 27.9 Å². The van der Waals surface area contributed by atoms with Crippen LogP contribution in [0.15, 0.2) is 121 Å². The van der Waals surface area contributed by atoms with Crippen LogP contribution in [0.1, 0.15) is 42.3 Å². The molecule has 0 amide bonds. The minimum atomic E-state index is -0.173. The average molecular weight is 608 g/mol. The normalized spacial score (nSPS) is 16.4. The highest BCUT2D eigenvalue weighted by Gasteiger charge is 2.40. The number of fused-ring (bicyclic) bond motifs is 11. The molecule has 10 rings (SSSR count). The van der Waals surface area contributed by atoms with Gasteiger partial charge in [0, 0.05) is 36.8 Å². The maximum Gasteiger partial charge on any atom is 0.0588 e. The van der Waals surface area contributed by atoms with Gasteiger partial charge in [-0.05, 0) is 98.5 Å². The molecule has 2 aliphatic rings. The summed E-state index contributed by atoms with van der Waals surface area (Å²) in [5.74, 6) is 0.601. The molecule has 2 heterocycles. The lowest BCUT2D eigenvalue weighted by atomic mass is 9.80. The fourth-order valence-electron chi connectivity index (χ4n) is 8.50. The van der Waals surface area contributed by atoms with E-state index in [1.54, 1.807) is 0 Å². The predicted octanol–water partition coefficient (Wildman–Crippen LogP) is 12.3. The van der Waals surface area contributed by atoms with Crippen molar-refractivity contribution in [3.63, 3.8) is 0 Å². The van der Waals surface area contributed by atoms with Gasteiger partial charge in [-0.2, -0.15) is 0 Å². The van der Waals surface area contributed by atoms with Crippen molar-refractivity contribution in [1.29, 1.82) is 0 Å². The van der Waals surface area contributed by atoms with Crippen molar-refractivity contribution >= 4 is 60.1 Å². The Balaban J connectivity index is 1.35. The summed E-state index contributed by atoms with van der Waals surface area (Å²) in [6.45, 7) is 7.17. The molecule has 1 nitrogen and oxygen atoms in total. The molecule has 220 valence electrons. The van der Waals surface area contributed by atoms with E-state index in [-0.39, 0.29) is 5.41 Å². The third-order valence-corrected chi connectivity index (χ3v) is 11.9. The Morgan fingerprint density at radius 2 is 1.52 bits per heavy atom. The van der Waals surface area contributed by atoms with Gasteiger partial charge in [-0.3, -0.25) is 0 Å². The van der Waals surface area contributed by atoms with Gasteiger partial charge in [0.1, 0.15) is 0 Å². The number of hydrogen-bond acceptors (Lipinski definition) is 1. The summed E-state index contributed by atoms with van der Waals surface area (Å²) in [6.07, 6.45) is 5.89. The lowest BCUT2D eigenvalue weighted by Crippen LogP contribution is -2.16. The quantitative estimate of drug-likeness (QED) is 0.184. The van der Waals surface area contributed by atoms with E-state index in [9.17, 15) is 0 Å². The first-order chi connectivity index (χ1) is 22.5. The molecular formula is C44H33NS. The maximum atomic E-state index is 2.54. The molecule has 2 aromatic heterocycles. The molecule has 0 saturated carbocycles. The van der Waals surface area contributed by atoms with E-state index < -0.39 is 0 Å². The van der Waals surface area contributed by atoms with Crippen LogP contribution in [0.25, 0.3) is 76.7 Å². The van der Waals surface area contributed by atoms with Gasteiger partial charge >= 0.3 is 0 Å².